The van der Waals surface area contributed by atoms with Gasteiger partial charge in [-0.2, -0.15) is 0 Å². The monoisotopic (exact) mass is 195 g/mol. The van der Waals surface area contributed by atoms with Crippen LogP contribution in [0.25, 0.3) is 0 Å². The Labute approximate surface area is 37.5 Å². The van der Waals surface area contributed by atoms with E-state index in [4.69, 9.17) is 8.96 Å². The number of hydrogen-bond donors (Lipinski definition) is 0. The van der Waals surface area contributed by atoms with E-state index in [1.165, 1.54) is 0 Å². The molecule has 0 heterocycles. The summed E-state index contributed by atoms with van der Waals surface area (Å²) in [6.45, 7) is 0. The van der Waals surface area contributed by atoms with Gasteiger partial charge in [0.25, 0.3) is 0 Å². The van der Waals surface area contributed by atoms with Crippen LogP contribution in [-0.4, -0.2) is 18.4 Å². The van der Waals surface area contributed by atoms with Gasteiger partial charge >= 0.3 is 37.3 Å². The Morgan fingerprint density at radius 2 is 1.50 bits per heavy atom. The van der Waals surface area contributed by atoms with E-state index >= 15 is 0 Å². The Balaban J connectivity index is 2.32. The summed E-state index contributed by atoms with van der Waals surface area (Å²) in [5.74, 6) is 0. The molecule has 27 valence electrons. The second kappa shape index (κ2) is 2.32. The predicted molar refractivity (Wildman–Crippen MR) is 23.3 cm³/mol. The molecule has 0 aliphatic rings. The van der Waals surface area contributed by atoms with E-state index in [1.807, 2.05) is 0 Å². The third-order valence-corrected chi connectivity index (χ3v) is 0. The van der Waals surface area contributed by atoms with E-state index in [2.05, 4.69) is 9.94 Å². The van der Waals surface area contributed by atoms with Crippen molar-refractivity contribution < 1.29 is 0 Å². The second-order valence-corrected chi connectivity index (χ2v) is 8.95. The number of rotatable bonds is 0. The van der Waals surface area contributed by atoms with Gasteiger partial charge < -0.3 is 0 Å². The molecule has 0 bridgehead atoms. The van der Waals surface area contributed by atoms with Crippen molar-refractivity contribution in [1.29, 1.82) is 0 Å². The summed E-state index contributed by atoms with van der Waals surface area (Å²) in [5.41, 5.74) is 0. The van der Waals surface area contributed by atoms with Crippen LogP contribution in [0.4, 0.5) is 0 Å². The van der Waals surface area contributed by atoms with Gasteiger partial charge in [-0.3, -0.25) is 0 Å². The fraction of sp³-hybridized carbons (Fsp3) is 1.00. The van der Waals surface area contributed by atoms with E-state index < -0.39 is 18.4 Å². The van der Waals surface area contributed by atoms with Crippen LogP contribution in [0.5, 0.6) is 0 Å². The van der Waals surface area contributed by atoms with Crippen LogP contribution in [-0.2, 0) is 0 Å². The van der Waals surface area contributed by atoms with E-state index in [9.17, 15) is 0 Å². The van der Waals surface area contributed by atoms with Gasteiger partial charge in [-0.1, -0.05) is 0 Å². The molecule has 0 saturated heterocycles. The van der Waals surface area contributed by atoms with Crippen LogP contribution in [0.15, 0.2) is 0 Å². The molecule has 0 aliphatic carbocycles. The summed E-state index contributed by atoms with van der Waals surface area (Å²) in [5, 5.41) is 0. The van der Waals surface area contributed by atoms with Crippen molar-refractivity contribution in [2.24, 2.45) is 0 Å². The zero-order valence-corrected chi connectivity index (χ0v) is 5.87. The Morgan fingerprint density at radius 3 is 1.50 bits per heavy atom. The average molecular weight is 193 g/mol. The number of hydrogen-bond acceptors (Lipinski definition) is 0. The quantitative estimate of drug-likeness (QED) is 0.511. The van der Waals surface area contributed by atoms with Crippen LogP contribution >= 0.6 is 8.96 Å². The molecular weight excluding hydrogens is 187 g/mol. The van der Waals surface area contributed by atoms with Crippen molar-refractivity contribution in [3.8, 4) is 0 Å². The fourth-order valence-corrected chi connectivity index (χ4v) is 0. The zero-order chi connectivity index (χ0) is 3.58. The molecule has 0 aromatic carbocycles. The maximum atomic E-state index is 5.44. The van der Waals surface area contributed by atoms with Crippen molar-refractivity contribution >= 4 is 27.4 Å². The van der Waals surface area contributed by atoms with Crippen molar-refractivity contribution in [3.05, 3.63) is 0 Å². The summed E-state index contributed by atoms with van der Waals surface area (Å²) in [4.78, 5) is 4.20. The summed E-state index contributed by atoms with van der Waals surface area (Å²) in [6.07, 6.45) is 0. The molecule has 4 heavy (non-hydrogen) atoms. The van der Waals surface area contributed by atoms with Gasteiger partial charge in [-0.25, -0.2) is 0 Å². The molecule has 0 rings (SSSR count). The van der Waals surface area contributed by atoms with E-state index in [0.717, 1.165) is 0 Å². The van der Waals surface area contributed by atoms with Gasteiger partial charge in [0.1, 0.15) is 0 Å². The first kappa shape index (κ1) is 5.08. The molecule has 0 aromatic heterocycles. The summed E-state index contributed by atoms with van der Waals surface area (Å²) in [7, 11) is 5.44. The normalized spacial score (nSPS) is 9.00. The van der Waals surface area contributed by atoms with Gasteiger partial charge in [0.15, 0.2) is 0 Å². The molecule has 1 radical (unpaired) electrons. The molecule has 0 unspecified atom stereocenters. The average Bonchev–Trinajstić information content (AvgIpc) is 0.811. The molecule has 0 fully saturated rings. The first-order valence-electron chi connectivity index (χ1n) is 0.971. The first-order chi connectivity index (χ1) is 1.73. The fourth-order valence-electron chi connectivity index (χ4n) is 0. The van der Waals surface area contributed by atoms with Crippen molar-refractivity contribution in [1.82, 2.24) is 0 Å². The molecular formula is C2H6ClTe. The van der Waals surface area contributed by atoms with Gasteiger partial charge in [0.05, 0.1) is 0 Å². The Kier molecular flexibility index (Phi) is 2.95. The third-order valence-electron chi connectivity index (χ3n) is 0. The third kappa shape index (κ3) is 11.4. The molecule has 0 atom stereocenters. The van der Waals surface area contributed by atoms with E-state index in [1.54, 1.807) is 0 Å². The molecule has 0 amide bonds. The predicted octanol–water partition coefficient (Wildman–Crippen LogP) is 1.48. The molecule has 0 aromatic rings. The Hall–Kier alpha value is 1.08. The van der Waals surface area contributed by atoms with Crippen molar-refractivity contribution in [2.45, 2.75) is 9.94 Å². The molecule has 0 nitrogen and oxygen atoms in total. The van der Waals surface area contributed by atoms with Crippen molar-refractivity contribution in [2.75, 3.05) is 0 Å². The van der Waals surface area contributed by atoms with Gasteiger partial charge in [0.2, 0.25) is 0 Å². The maximum absolute atomic E-state index is 5.44. The Morgan fingerprint density at radius 1 is 1.50 bits per heavy atom. The van der Waals surface area contributed by atoms with Crippen molar-refractivity contribution in [3.63, 3.8) is 0 Å². The zero-order valence-electron chi connectivity index (χ0n) is 2.79. The van der Waals surface area contributed by atoms with Gasteiger partial charge in [0, 0.05) is 0 Å². The van der Waals surface area contributed by atoms with Gasteiger partial charge in [-0.15, -0.1) is 0 Å². The minimum absolute atomic E-state index is 0.884. The van der Waals surface area contributed by atoms with Crippen LogP contribution in [0.3, 0.4) is 0 Å². The topological polar surface area (TPSA) is 0 Å². The molecule has 0 saturated carbocycles. The van der Waals surface area contributed by atoms with E-state index in [0.29, 0.717) is 0 Å². The minimum atomic E-state index is -0.884. The van der Waals surface area contributed by atoms with Crippen LogP contribution in [0.2, 0.25) is 9.94 Å². The molecule has 2 heteroatoms. The first-order valence-corrected chi connectivity index (χ1v) is 8.58. The SMILES string of the molecule is C[Te](C)Cl. The number of halogens is 1. The molecule has 0 spiro atoms. The second-order valence-electron chi connectivity index (χ2n) is 0.717. The Bertz CT molecular complexity index is 10.8. The summed E-state index contributed by atoms with van der Waals surface area (Å²) < 4.78 is 0. The van der Waals surface area contributed by atoms with E-state index in [-0.39, 0.29) is 0 Å². The summed E-state index contributed by atoms with van der Waals surface area (Å²) >= 11 is -0.884. The van der Waals surface area contributed by atoms with Crippen LogP contribution in [0, 0.1) is 0 Å². The molecule has 0 aliphatic heterocycles. The van der Waals surface area contributed by atoms with Crippen LogP contribution < -0.4 is 0 Å². The molecule has 0 N–H and O–H groups in total. The van der Waals surface area contributed by atoms with Gasteiger partial charge in [-0.05, 0) is 0 Å². The van der Waals surface area contributed by atoms with Crippen LogP contribution in [0.1, 0.15) is 0 Å². The standard InChI is InChI=1S/C2H6ClTe/c1-4(2)3/h1-2H3. The summed E-state index contributed by atoms with van der Waals surface area (Å²) in [6, 6.07) is 0.